The Balaban J connectivity index is 1.49. The second kappa shape index (κ2) is 8.36. The summed E-state index contributed by atoms with van der Waals surface area (Å²) < 4.78 is 14.6. The smallest absolute Gasteiger partial charge is 0.352 e. The molecule has 0 unspecified atom stereocenters. The molecule has 0 aliphatic carbocycles. The monoisotopic (exact) mass is 466 g/mol. The molecule has 0 spiro atoms. The van der Waals surface area contributed by atoms with E-state index in [1.165, 1.54) is 58.0 Å². The number of halogens is 1. The van der Waals surface area contributed by atoms with E-state index >= 15 is 0 Å². The third kappa shape index (κ3) is 3.82. The Kier molecular flexibility index (Phi) is 5.80. The van der Waals surface area contributed by atoms with E-state index in [0.717, 1.165) is 15.4 Å². The van der Waals surface area contributed by atoms with Gasteiger partial charge in [0, 0.05) is 11.5 Å². The van der Waals surface area contributed by atoms with E-state index in [0.29, 0.717) is 17.1 Å². The minimum atomic E-state index is -1.20. The fourth-order valence-corrected chi connectivity index (χ4v) is 6.44. The number of aromatic nitrogens is 2. The van der Waals surface area contributed by atoms with Gasteiger partial charge in [0.25, 0.3) is 11.8 Å². The Morgan fingerprint density at radius 2 is 2.13 bits per heavy atom. The summed E-state index contributed by atoms with van der Waals surface area (Å²) >= 11 is 4.15. The van der Waals surface area contributed by atoms with Gasteiger partial charge >= 0.3 is 5.97 Å². The Hall–Kier alpha value is -2.44. The number of fused-ring (bicyclic) bond motifs is 1. The largest absolute Gasteiger partial charge is 0.477 e. The number of aliphatic carboxylic acids is 1. The zero-order valence-electron chi connectivity index (χ0n) is 15.5. The molecule has 3 heterocycles. The molecule has 30 heavy (non-hydrogen) atoms. The number of hydrogen-bond acceptors (Lipinski definition) is 8. The Labute approximate surface area is 182 Å². The molecule has 12 heteroatoms. The SMILES string of the molecule is Cc1nnc(SCC2=C(C(=O)O)N3C(=O)[C@H](NC(=O)c4ccccc4F)[C@@H]3SC2)s1. The van der Waals surface area contributed by atoms with Crippen molar-refractivity contribution < 1.29 is 23.9 Å². The molecule has 1 aromatic heterocycles. The van der Waals surface area contributed by atoms with Gasteiger partial charge in [-0.2, -0.15) is 0 Å². The first-order valence-corrected chi connectivity index (χ1v) is 11.6. The molecule has 2 aromatic rings. The average Bonchev–Trinajstić information content (AvgIpc) is 3.14. The number of carboxylic acid groups (broad SMARTS) is 1. The molecule has 156 valence electrons. The van der Waals surface area contributed by atoms with Crippen LogP contribution in [-0.4, -0.2) is 60.9 Å². The zero-order valence-corrected chi connectivity index (χ0v) is 17.9. The van der Waals surface area contributed by atoms with E-state index in [1.54, 1.807) is 0 Å². The second-order valence-corrected chi connectivity index (χ2v) is 9.98. The van der Waals surface area contributed by atoms with Crippen molar-refractivity contribution in [1.29, 1.82) is 0 Å². The maximum atomic E-state index is 13.8. The fourth-order valence-electron chi connectivity index (χ4n) is 3.14. The molecular formula is C18H15FN4O4S3. The lowest BCUT2D eigenvalue weighted by Gasteiger charge is -2.49. The third-order valence-electron chi connectivity index (χ3n) is 4.53. The molecule has 1 fully saturated rings. The predicted octanol–water partition coefficient (Wildman–Crippen LogP) is 2.13. The molecule has 0 saturated carbocycles. The van der Waals surface area contributed by atoms with E-state index < -0.39 is 35.0 Å². The van der Waals surface area contributed by atoms with Gasteiger partial charge in [-0.05, 0) is 24.6 Å². The number of amides is 2. The lowest BCUT2D eigenvalue weighted by atomic mass is 10.0. The third-order valence-corrected chi connectivity index (χ3v) is 7.93. The molecule has 0 radical (unpaired) electrons. The van der Waals surface area contributed by atoms with Gasteiger partial charge in [-0.25, -0.2) is 9.18 Å². The van der Waals surface area contributed by atoms with Crippen molar-refractivity contribution in [2.75, 3.05) is 11.5 Å². The van der Waals surface area contributed by atoms with Gasteiger partial charge in [0.05, 0.1) is 5.56 Å². The molecular weight excluding hydrogens is 451 g/mol. The Morgan fingerprint density at radius 3 is 2.80 bits per heavy atom. The molecule has 2 aliphatic heterocycles. The van der Waals surface area contributed by atoms with Gasteiger partial charge in [-0.15, -0.1) is 22.0 Å². The number of β-lactam (4-membered cyclic amide) rings is 1. The average molecular weight is 467 g/mol. The van der Waals surface area contributed by atoms with E-state index in [2.05, 4.69) is 15.5 Å². The van der Waals surface area contributed by atoms with Crippen molar-refractivity contribution in [2.45, 2.75) is 22.7 Å². The lowest BCUT2D eigenvalue weighted by Crippen LogP contribution is -2.70. The molecule has 1 saturated heterocycles. The summed E-state index contributed by atoms with van der Waals surface area (Å²) in [5.74, 6) is -2.35. The van der Waals surface area contributed by atoms with E-state index in [-0.39, 0.29) is 11.3 Å². The van der Waals surface area contributed by atoms with Gasteiger partial charge in [-0.1, -0.05) is 35.2 Å². The van der Waals surface area contributed by atoms with Crippen LogP contribution < -0.4 is 5.32 Å². The van der Waals surface area contributed by atoms with Crippen LogP contribution in [0.1, 0.15) is 15.4 Å². The van der Waals surface area contributed by atoms with Crippen LogP contribution in [0.25, 0.3) is 0 Å². The van der Waals surface area contributed by atoms with Gasteiger partial charge in [0.1, 0.15) is 27.9 Å². The first-order valence-electron chi connectivity index (χ1n) is 8.75. The van der Waals surface area contributed by atoms with Gasteiger partial charge in [-0.3, -0.25) is 14.5 Å². The number of aryl methyl sites for hydroxylation is 1. The maximum Gasteiger partial charge on any atom is 0.352 e. The van der Waals surface area contributed by atoms with Crippen LogP contribution in [-0.2, 0) is 9.59 Å². The van der Waals surface area contributed by atoms with Gasteiger partial charge in [0.2, 0.25) is 0 Å². The van der Waals surface area contributed by atoms with E-state index in [4.69, 9.17) is 0 Å². The fraction of sp³-hybridized carbons (Fsp3) is 0.278. The number of carbonyl (C=O) groups excluding carboxylic acids is 2. The van der Waals surface area contributed by atoms with Gasteiger partial charge < -0.3 is 10.4 Å². The number of carboxylic acids is 1. The van der Waals surface area contributed by atoms with E-state index in [9.17, 15) is 23.9 Å². The highest BCUT2D eigenvalue weighted by molar-refractivity contribution is 8.01. The van der Waals surface area contributed by atoms with Crippen molar-refractivity contribution in [3.05, 3.63) is 51.9 Å². The highest BCUT2D eigenvalue weighted by Crippen LogP contribution is 2.41. The lowest BCUT2D eigenvalue weighted by molar-refractivity contribution is -0.148. The molecule has 8 nitrogen and oxygen atoms in total. The van der Waals surface area contributed by atoms with Crippen LogP contribution in [0.5, 0.6) is 0 Å². The van der Waals surface area contributed by atoms with Crippen LogP contribution in [0.2, 0.25) is 0 Å². The summed E-state index contributed by atoms with van der Waals surface area (Å²) in [4.78, 5) is 38.1. The van der Waals surface area contributed by atoms with Gasteiger partial charge in [0.15, 0.2) is 4.34 Å². The van der Waals surface area contributed by atoms with Crippen LogP contribution >= 0.6 is 34.9 Å². The molecule has 2 amide bonds. The minimum absolute atomic E-state index is 0.0612. The first kappa shape index (κ1) is 20.8. The van der Waals surface area contributed by atoms with Crippen molar-refractivity contribution in [1.82, 2.24) is 20.4 Å². The molecule has 2 atom stereocenters. The quantitative estimate of drug-likeness (QED) is 0.492. The molecule has 2 aliphatic rings. The van der Waals surface area contributed by atoms with Crippen molar-refractivity contribution in [2.24, 2.45) is 0 Å². The summed E-state index contributed by atoms with van der Waals surface area (Å²) in [5, 5.41) is 20.4. The second-order valence-electron chi connectivity index (χ2n) is 6.47. The summed E-state index contributed by atoms with van der Waals surface area (Å²) in [5.41, 5.74) is 0.380. The van der Waals surface area contributed by atoms with E-state index in [1.807, 2.05) is 6.92 Å². The summed E-state index contributed by atoms with van der Waals surface area (Å²) in [6.07, 6.45) is 0. The number of hydrogen-bond donors (Lipinski definition) is 2. The number of nitrogens with one attached hydrogen (secondary N) is 1. The number of nitrogens with zero attached hydrogens (tertiary/aromatic N) is 3. The number of benzene rings is 1. The van der Waals surface area contributed by atoms with Crippen LogP contribution in [0, 0.1) is 12.7 Å². The summed E-state index contributed by atoms with van der Waals surface area (Å²) in [6.45, 7) is 1.83. The molecule has 1 aromatic carbocycles. The highest BCUT2D eigenvalue weighted by Gasteiger charge is 2.54. The molecule has 2 N–H and O–H groups in total. The maximum absolute atomic E-state index is 13.8. The van der Waals surface area contributed by atoms with Crippen LogP contribution in [0.15, 0.2) is 39.9 Å². The van der Waals surface area contributed by atoms with Crippen molar-refractivity contribution in [3.63, 3.8) is 0 Å². The summed E-state index contributed by atoms with van der Waals surface area (Å²) in [6, 6.07) is 4.57. The number of thioether (sulfide) groups is 2. The highest BCUT2D eigenvalue weighted by atomic mass is 32.2. The van der Waals surface area contributed by atoms with Crippen LogP contribution in [0.4, 0.5) is 4.39 Å². The number of carbonyl (C=O) groups is 3. The van der Waals surface area contributed by atoms with Crippen LogP contribution in [0.3, 0.4) is 0 Å². The Morgan fingerprint density at radius 1 is 1.37 bits per heavy atom. The Bertz CT molecular complexity index is 1070. The topological polar surface area (TPSA) is 112 Å². The minimum Gasteiger partial charge on any atom is -0.477 e. The first-order chi connectivity index (χ1) is 14.4. The normalized spacial score (nSPS) is 20.6. The van der Waals surface area contributed by atoms with Crippen molar-refractivity contribution >= 4 is 52.6 Å². The number of rotatable bonds is 6. The molecule has 0 bridgehead atoms. The standard InChI is InChI=1S/C18H15FN4O4S3/c1-8-21-22-18(30-8)29-7-9-6-28-16-12(15(25)23(16)13(9)17(26)27)20-14(24)10-4-2-3-5-11(10)19/h2-5,12,16H,6-7H2,1H3,(H,20,24)(H,26,27)/t12-,16-/m0/s1. The molecule has 4 rings (SSSR count). The van der Waals surface area contributed by atoms with Crippen molar-refractivity contribution in [3.8, 4) is 0 Å². The summed E-state index contributed by atoms with van der Waals surface area (Å²) in [7, 11) is 0. The predicted molar refractivity (Wildman–Crippen MR) is 111 cm³/mol. The zero-order chi connectivity index (χ0) is 21.4.